The number of hydrogen-bond donors (Lipinski definition) is 2. The number of carbonyl (C=O) groups is 2. The molecule has 0 bridgehead atoms. The van der Waals surface area contributed by atoms with Crippen LogP contribution in [-0.2, 0) is 11.3 Å². The summed E-state index contributed by atoms with van der Waals surface area (Å²) < 4.78 is 27.9. The molecule has 0 saturated carbocycles. The highest BCUT2D eigenvalue weighted by Crippen LogP contribution is 2.43. The third kappa shape index (κ3) is 4.27. The normalized spacial score (nSPS) is 17.7. The van der Waals surface area contributed by atoms with Gasteiger partial charge in [0, 0.05) is 43.8 Å². The van der Waals surface area contributed by atoms with Gasteiger partial charge in [-0.3, -0.25) is 14.9 Å². The van der Waals surface area contributed by atoms with Crippen LogP contribution in [-0.4, -0.2) is 51.6 Å². The molecule has 1 fully saturated rings. The van der Waals surface area contributed by atoms with E-state index < -0.39 is 17.7 Å². The zero-order chi connectivity index (χ0) is 24.6. The molecule has 7 nitrogen and oxygen atoms in total. The number of imidazole rings is 1. The van der Waals surface area contributed by atoms with E-state index in [4.69, 9.17) is 0 Å². The number of halogens is 2. The summed E-state index contributed by atoms with van der Waals surface area (Å²) in [5.41, 5.74) is 1.71. The molecule has 1 saturated heterocycles. The summed E-state index contributed by atoms with van der Waals surface area (Å²) in [5, 5.41) is 12.1. The van der Waals surface area contributed by atoms with Crippen LogP contribution in [0, 0.1) is 5.41 Å². The fraction of sp³-hybridized carbons (Fsp3) is 0.400. The molecule has 1 aliphatic rings. The Balaban J connectivity index is 1.69. The predicted octanol–water partition coefficient (Wildman–Crippen LogP) is 4.19. The molecule has 0 radical (unpaired) electrons. The van der Waals surface area contributed by atoms with Gasteiger partial charge in [-0.2, -0.15) is 0 Å². The van der Waals surface area contributed by atoms with E-state index in [9.17, 15) is 23.5 Å². The monoisotopic (exact) mass is 470 g/mol. The van der Waals surface area contributed by atoms with Crippen molar-refractivity contribution < 1.29 is 23.5 Å². The number of nitrogens with zero attached hydrogens (tertiary/aromatic N) is 3. The Labute approximate surface area is 196 Å². The van der Waals surface area contributed by atoms with Crippen molar-refractivity contribution in [3.63, 3.8) is 0 Å². The first-order valence-electron chi connectivity index (χ1n) is 11.2. The molecule has 180 valence electrons. The Kier molecular flexibility index (Phi) is 6.40. The minimum absolute atomic E-state index is 0.00730. The molecular formula is C25H28F2N4O3. The Morgan fingerprint density at radius 2 is 2.03 bits per heavy atom. The number of rotatable bonds is 7. The predicted molar refractivity (Wildman–Crippen MR) is 125 cm³/mol. The zero-order valence-corrected chi connectivity index (χ0v) is 19.4. The second-order valence-electron chi connectivity index (χ2n) is 9.25. The van der Waals surface area contributed by atoms with Crippen LogP contribution in [0.3, 0.4) is 0 Å². The van der Waals surface area contributed by atoms with Crippen molar-refractivity contribution in [1.29, 1.82) is 0 Å². The minimum Gasteiger partial charge on any atom is -0.396 e. The highest BCUT2D eigenvalue weighted by Gasteiger charge is 2.46. The van der Waals surface area contributed by atoms with Crippen molar-refractivity contribution >= 4 is 28.8 Å². The van der Waals surface area contributed by atoms with Crippen LogP contribution >= 0.6 is 0 Å². The molecule has 4 rings (SSSR count). The average molecular weight is 471 g/mol. The number of anilines is 1. The summed E-state index contributed by atoms with van der Waals surface area (Å²) in [6, 6.07) is 11.1. The van der Waals surface area contributed by atoms with Crippen LogP contribution in [0.2, 0.25) is 0 Å². The van der Waals surface area contributed by atoms with Crippen LogP contribution in [0.15, 0.2) is 42.5 Å². The maximum Gasteiger partial charge on any atom is 0.263 e. The lowest BCUT2D eigenvalue weighted by molar-refractivity contribution is -0.133. The fourth-order valence-corrected chi connectivity index (χ4v) is 4.65. The first-order valence-corrected chi connectivity index (χ1v) is 11.2. The third-order valence-electron chi connectivity index (χ3n) is 6.57. The number of amides is 2. The fourth-order valence-electron chi connectivity index (χ4n) is 4.65. The van der Waals surface area contributed by atoms with Crippen LogP contribution in [0.25, 0.3) is 11.0 Å². The summed E-state index contributed by atoms with van der Waals surface area (Å²) in [5.74, 6) is -0.198. The average Bonchev–Trinajstić information content (AvgIpc) is 3.25. The number of aliphatic hydroxyl groups excluding tert-OH is 1. The Morgan fingerprint density at radius 1 is 1.26 bits per heavy atom. The van der Waals surface area contributed by atoms with Crippen molar-refractivity contribution in [1.82, 2.24) is 14.5 Å². The van der Waals surface area contributed by atoms with E-state index >= 15 is 0 Å². The summed E-state index contributed by atoms with van der Waals surface area (Å²) in [7, 11) is 1.79. The molecular weight excluding hydrogens is 442 g/mol. The molecule has 1 aromatic heterocycles. The standard InChI is InChI=1S/C25H28F2N4O3/c1-25(2)18(14-30(3)23(25)34)15-8-9-20-19(13-15)28-24(31(20)10-5-11-32)29-22(33)17-7-4-6-16(12-17)21(26)27/h4,6-9,12-13,18,21,32H,5,10-11,14H2,1-3H3,(H,28,29,33)/t18-/m0/s1. The van der Waals surface area contributed by atoms with Crippen LogP contribution in [0.4, 0.5) is 14.7 Å². The quantitative estimate of drug-likeness (QED) is 0.542. The summed E-state index contributed by atoms with van der Waals surface area (Å²) >= 11 is 0. The van der Waals surface area contributed by atoms with Gasteiger partial charge in [0.05, 0.1) is 16.4 Å². The van der Waals surface area contributed by atoms with E-state index in [2.05, 4.69) is 10.3 Å². The van der Waals surface area contributed by atoms with Gasteiger partial charge < -0.3 is 14.6 Å². The largest absolute Gasteiger partial charge is 0.396 e. The first-order chi connectivity index (χ1) is 16.1. The van der Waals surface area contributed by atoms with Crippen LogP contribution < -0.4 is 5.32 Å². The molecule has 1 aliphatic heterocycles. The SMILES string of the molecule is CN1C[C@@H](c2ccc3c(c2)nc(NC(=O)c2cccc(C(F)F)c2)n3CCCO)C(C)(C)C1=O. The van der Waals surface area contributed by atoms with Gasteiger partial charge in [-0.15, -0.1) is 0 Å². The van der Waals surface area contributed by atoms with Crippen LogP contribution in [0.5, 0.6) is 0 Å². The van der Waals surface area contributed by atoms with E-state index in [1.165, 1.54) is 18.2 Å². The summed E-state index contributed by atoms with van der Waals surface area (Å²) in [6.07, 6.45) is -2.22. The number of aliphatic hydroxyl groups is 1. The number of benzene rings is 2. The molecule has 0 aliphatic carbocycles. The number of hydrogen-bond acceptors (Lipinski definition) is 4. The number of aryl methyl sites for hydroxylation is 1. The number of likely N-dealkylation sites (N-methyl/N-ethyl adjacent to an activating group) is 1. The molecule has 0 unspecified atom stereocenters. The van der Waals surface area contributed by atoms with Gasteiger partial charge in [-0.25, -0.2) is 13.8 Å². The molecule has 1 atom stereocenters. The Hall–Kier alpha value is -3.33. The van der Waals surface area contributed by atoms with Gasteiger partial charge in [-0.1, -0.05) is 32.0 Å². The van der Waals surface area contributed by atoms with Crippen molar-refractivity contribution in [3.8, 4) is 0 Å². The molecule has 2 aromatic carbocycles. The van der Waals surface area contributed by atoms with Crippen molar-refractivity contribution in [3.05, 3.63) is 59.2 Å². The molecule has 3 aromatic rings. The second kappa shape index (κ2) is 9.13. The Morgan fingerprint density at radius 3 is 2.68 bits per heavy atom. The van der Waals surface area contributed by atoms with Gasteiger partial charge >= 0.3 is 0 Å². The maximum absolute atomic E-state index is 13.1. The molecule has 0 spiro atoms. The van der Waals surface area contributed by atoms with Gasteiger partial charge in [0.1, 0.15) is 0 Å². The number of alkyl halides is 2. The number of carbonyl (C=O) groups excluding carboxylic acids is 2. The van der Waals surface area contributed by atoms with E-state index in [0.29, 0.717) is 25.0 Å². The zero-order valence-electron chi connectivity index (χ0n) is 19.4. The lowest BCUT2D eigenvalue weighted by Gasteiger charge is -2.23. The molecule has 2 heterocycles. The van der Waals surface area contributed by atoms with Crippen molar-refractivity contribution in [2.75, 3.05) is 25.5 Å². The van der Waals surface area contributed by atoms with Crippen molar-refractivity contribution in [2.24, 2.45) is 5.41 Å². The second-order valence-corrected chi connectivity index (χ2v) is 9.25. The number of fused-ring (bicyclic) bond motifs is 1. The number of likely N-dealkylation sites (tertiary alicyclic amines) is 1. The summed E-state index contributed by atoms with van der Waals surface area (Å²) in [6.45, 7) is 4.85. The highest BCUT2D eigenvalue weighted by atomic mass is 19.3. The van der Waals surface area contributed by atoms with E-state index in [-0.39, 0.29) is 35.5 Å². The number of nitrogens with one attached hydrogen (secondary N) is 1. The van der Waals surface area contributed by atoms with Crippen LogP contribution in [0.1, 0.15) is 54.1 Å². The third-order valence-corrected chi connectivity index (χ3v) is 6.57. The first kappa shape index (κ1) is 23.8. The number of aromatic nitrogens is 2. The highest BCUT2D eigenvalue weighted by molar-refractivity contribution is 6.04. The van der Waals surface area contributed by atoms with E-state index in [0.717, 1.165) is 17.1 Å². The van der Waals surface area contributed by atoms with E-state index in [1.807, 2.05) is 32.0 Å². The lowest BCUT2D eigenvalue weighted by atomic mass is 9.77. The Bertz CT molecular complexity index is 1240. The smallest absolute Gasteiger partial charge is 0.263 e. The molecule has 9 heteroatoms. The maximum atomic E-state index is 13.1. The lowest BCUT2D eigenvalue weighted by Crippen LogP contribution is -2.28. The molecule has 34 heavy (non-hydrogen) atoms. The minimum atomic E-state index is -2.67. The van der Waals surface area contributed by atoms with Gasteiger partial charge in [0.25, 0.3) is 12.3 Å². The van der Waals surface area contributed by atoms with Gasteiger partial charge in [-0.05, 0) is 36.2 Å². The van der Waals surface area contributed by atoms with Gasteiger partial charge in [0.15, 0.2) is 0 Å². The van der Waals surface area contributed by atoms with E-state index in [1.54, 1.807) is 16.5 Å². The topological polar surface area (TPSA) is 87.5 Å². The summed E-state index contributed by atoms with van der Waals surface area (Å²) in [4.78, 5) is 31.7. The molecule has 2 amide bonds. The molecule has 2 N–H and O–H groups in total. The van der Waals surface area contributed by atoms with Gasteiger partial charge in [0.2, 0.25) is 11.9 Å². The van der Waals surface area contributed by atoms with Crippen molar-refractivity contribution in [2.45, 2.75) is 39.2 Å².